The summed E-state index contributed by atoms with van der Waals surface area (Å²) in [6.45, 7) is 0.569. The zero-order valence-corrected chi connectivity index (χ0v) is 10.9. The molecule has 18 heavy (non-hydrogen) atoms. The van der Waals surface area contributed by atoms with Crippen molar-refractivity contribution in [2.75, 3.05) is 0 Å². The summed E-state index contributed by atoms with van der Waals surface area (Å²) in [5.41, 5.74) is 1.10. The van der Waals surface area contributed by atoms with Crippen LogP contribution in [0, 0.1) is 5.92 Å². The minimum absolute atomic E-state index is 0.180. The van der Waals surface area contributed by atoms with Crippen LogP contribution < -0.4 is 0 Å². The molecular formula is C14H17ClO3. The number of aliphatic carboxylic acids is 1. The molecule has 0 heterocycles. The molecule has 0 amide bonds. The molecule has 2 rings (SSSR count). The lowest BCUT2D eigenvalue weighted by Crippen LogP contribution is -2.25. The molecule has 1 aromatic rings. The van der Waals surface area contributed by atoms with Crippen molar-refractivity contribution in [2.24, 2.45) is 5.92 Å². The van der Waals surface area contributed by atoms with Gasteiger partial charge in [-0.2, -0.15) is 0 Å². The average Bonchev–Trinajstić information content (AvgIpc) is 2.38. The summed E-state index contributed by atoms with van der Waals surface area (Å²) >= 11 is 5.81. The van der Waals surface area contributed by atoms with Crippen LogP contribution in [0.5, 0.6) is 0 Å². The molecule has 0 spiro atoms. The van der Waals surface area contributed by atoms with Gasteiger partial charge >= 0.3 is 5.97 Å². The predicted molar refractivity (Wildman–Crippen MR) is 69.6 cm³/mol. The van der Waals surface area contributed by atoms with Crippen molar-refractivity contribution in [3.8, 4) is 0 Å². The molecule has 0 atom stereocenters. The second kappa shape index (κ2) is 6.21. The van der Waals surface area contributed by atoms with E-state index >= 15 is 0 Å². The van der Waals surface area contributed by atoms with E-state index in [2.05, 4.69) is 0 Å². The van der Waals surface area contributed by atoms with Gasteiger partial charge in [0.15, 0.2) is 0 Å². The molecule has 0 aromatic heterocycles. The third kappa shape index (κ3) is 3.72. The van der Waals surface area contributed by atoms with E-state index in [4.69, 9.17) is 21.4 Å². The van der Waals surface area contributed by atoms with Crippen LogP contribution >= 0.6 is 11.6 Å². The maximum Gasteiger partial charge on any atom is 0.306 e. The molecule has 1 fully saturated rings. The highest BCUT2D eigenvalue weighted by molar-refractivity contribution is 6.30. The molecule has 98 valence electrons. The van der Waals surface area contributed by atoms with Gasteiger partial charge in [0.2, 0.25) is 0 Å². The number of carboxylic acids is 1. The van der Waals surface area contributed by atoms with Gasteiger partial charge in [-0.25, -0.2) is 0 Å². The maximum absolute atomic E-state index is 10.8. The highest BCUT2D eigenvalue weighted by atomic mass is 35.5. The quantitative estimate of drug-likeness (QED) is 0.909. The molecule has 0 aliphatic heterocycles. The fourth-order valence-corrected chi connectivity index (χ4v) is 2.40. The molecule has 3 nitrogen and oxygen atoms in total. The Labute approximate surface area is 112 Å². The number of benzene rings is 1. The van der Waals surface area contributed by atoms with E-state index in [0.717, 1.165) is 36.3 Å². The Morgan fingerprint density at radius 3 is 2.39 bits per heavy atom. The van der Waals surface area contributed by atoms with E-state index in [1.165, 1.54) is 0 Å². The lowest BCUT2D eigenvalue weighted by molar-refractivity contribution is -0.143. The Morgan fingerprint density at radius 1 is 1.22 bits per heavy atom. The van der Waals surface area contributed by atoms with Gasteiger partial charge in [0.1, 0.15) is 0 Å². The zero-order chi connectivity index (χ0) is 13.0. The van der Waals surface area contributed by atoms with Crippen LogP contribution in [0.4, 0.5) is 0 Å². The number of carbonyl (C=O) groups is 1. The molecule has 1 aliphatic rings. The second-order valence-corrected chi connectivity index (χ2v) is 5.19. The van der Waals surface area contributed by atoms with Crippen LogP contribution in [0.15, 0.2) is 24.3 Å². The predicted octanol–water partition coefficient (Wildman–Crippen LogP) is 3.50. The van der Waals surface area contributed by atoms with Crippen molar-refractivity contribution in [3.05, 3.63) is 34.9 Å². The maximum atomic E-state index is 10.8. The van der Waals surface area contributed by atoms with E-state index in [-0.39, 0.29) is 12.0 Å². The highest BCUT2D eigenvalue weighted by Crippen LogP contribution is 2.27. The van der Waals surface area contributed by atoms with E-state index in [0.29, 0.717) is 6.61 Å². The fraction of sp³-hybridized carbons (Fsp3) is 0.500. The summed E-state index contributed by atoms with van der Waals surface area (Å²) < 4.78 is 5.80. The highest BCUT2D eigenvalue weighted by Gasteiger charge is 2.26. The van der Waals surface area contributed by atoms with Crippen molar-refractivity contribution in [1.82, 2.24) is 0 Å². The van der Waals surface area contributed by atoms with Gasteiger partial charge in [-0.3, -0.25) is 4.79 Å². The molecule has 4 heteroatoms. The Balaban J connectivity index is 1.75. The number of hydrogen-bond donors (Lipinski definition) is 1. The first-order valence-corrected chi connectivity index (χ1v) is 6.62. The Kier molecular flexibility index (Phi) is 4.61. The van der Waals surface area contributed by atoms with Crippen LogP contribution in [0.1, 0.15) is 31.2 Å². The largest absolute Gasteiger partial charge is 0.481 e. The molecule has 0 saturated heterocycles. The summed E-state index contributed by atoms with van der Waals surface area (Å²) in [6, 6.07) is 7.60. The lowest BCUT2D eigenvalue weighted by Gasteiger charge is -2.26. The second-order valence-electron chi connectivity index (χ2n) is 4.75. The van der Waals surface area contributed by atoms with E-state index in [9.17, 15) is 4.79 Å². The fourth-order valence-electron chi connectivity index (χ4n) is 2.27. The van der Waals surface area contributed by atoms with Gasteiger partial charge in [-0.15, -0.1) is 0 Å². The monoisotopic (exact) mass is 268 g/mol. The minimum Gasteiger partial charge on any atom is -0.481 e. The Hall–Kier alpha value is -1.06. The number of rotatable bonds is 4. The summed E-state index contributed by atoms with van der Waals surface area (Å²) in [6.07, 6.45) is 3.31. The Bertz CT molecular complexity index is 394. The van der Waals surface area contributed by atoms with E-state index < -0.39 is 5.97 Å². The molecule has 0 radical (unpaired) electrons. The third-order valence-electron chi connectivity index (χ3n) is 3.42. The van der Waals surface area contributed by atoms with Crippen molar-refractivity contribution in [1.29, 1.82) is 0 Å². The number of hydrogen-bond acceptors (Lipinski definition) is 2. The first kappa shape index (κ1) is 13.4. The van der Waals surface area contributed by atoms with Crippen LogP contribution in [0.3, 0.4) is 0 Å². The van der Waals surface area contributed by atoms with E-state index in [1.807, 2.05) is 24.3 Å². The zero-order valence-electron chi connectivity index (χ0n) is 10.1. The molecule has 1 saturated carbocycles. The van der Waals surface area contributed by atoms with Gasteiger partial charge in [0.05, 0.1) is 18.6 Å². The van der Waals surface area contributed by atoms with Gasteiger partial charge in [0, 0.05) is 5.02 Å². The van der Waals surface area contributed by atoms with Crippen molar-refractivity contribution in [3.63, 3.8) is 0 Å². The molecule has 1 N–H and O–H groups in total. The van der Waals surface area contributed by atoms with Crippen LogP contribution in [0.25, 0.3) is 0 Å². The third-order valence-corrected chi connectivity index (χ3v) is 3.67. The van der Waals surface area contributed by atoms with Crippen LogP contribution in [-0.2, 0) is 16.1 Å². The number of halogens is 1. The van der Waals surface area contributed by atoms with Crippen molar-refractivity contribution < 1.29 is 14.6 Å². The normalized spacial score (nSPS) is 23.8. The molecular weight excluding hydrogens is 252 g/mol. The van der Waals surface area contributed by atoms with E-state index in [1.54, 1.807) is 0 Å². The summed E-state index contributed by atoms with van der Waals surface area (Å²) in [7, 11) is 0. The number of ether oxygens (including phenoxy) is 1. The summed E-state index contributed by atoms with van der Waals surface area (Å²) in [5, 5.41) is 9.63. The Morgan fingerprint density at radius 2 is 1.83 bits per heavy atom. The van der Waals surface area contributed by atoms with Crippen molar-refractivity contribution >= 4 is 17.6 Å². The van der Waals surface area contributed by atoms with Crippen molar-refractivity contribution in [2.45, 2.75) is 38.4 Å². The summed E-state index contributed by atoms with van der Waals surface area (Å²) in [4.78, 5) is 10.8. The number of carboxylic acid groups (broad SMARTS) is 1. The molecule has 1 aromatic carbocycles. The smallest absolute Gasteiger partial charge is 0.306 e. The average molecular weight is 269 g/mol. The van der Waals surface area contributed by atoms with Gasteiger partial charge < -0.3 is 9.84 Å². The summed E-state index contributed by atoms with van der Waals surface area (Å²) in [5.74, 6) is -0.855. The first-order valence-electron chi connectivity index (χ1n) is 6.24. The molecule has 1 aliphatic carbocycles. The molecule has 0 unspecified atom stereocenters. The standard InChI is InChI=1S/C14H17ClO3/c15-12-5-1-10(2-6-12)9-18-13-7-3-11(4-8-13)14(16)17/h1-2,5-6,11,13H,3-4,7-9H2,(H,16,17)/t11-,13+. The van der Waals surface area contributed by atoms with Crippen LogP contribution in [0.2, 0.25) is 5.02 Å². The minimum atomic E-state index is -0.675. The lowest BCUT2D eigenvalue weighted by atomic mass is 9.87. The SMILES string of the molecule is O=C(O)[C@H]1CC[C@@H](OCc2ccc(Cl)cc2)CC1. The van der Waals surface area contributed by atoms with Gasteiger partial charge in [-0.1, -0.05) is 23.7 Å². The first-order chi connectivity index (χ1) is 8.65. The molecule has 0 bridgehead atoms. The van der Waals surface area contributed by atoms with Crippen LogP contribution in [-0.4, -0.2) is 17.2 Å². The van der Waals surface area contributed by atoms with Gasteiger partial charge in [0.25, 0.3) is 0 Å². The topological polar surface area (TPSA) is 46.5 Å². The van der Waals surface area contributed by atoms with Gasteiger partial charge in [-0.05, 0) is 43.4 Å².